The van der Waals surface area contributed by atoms with E-state index in [9.17, 15) is 35.4 Å². The molecule has 4 rings (SSSR count). The first-order valence-corrected chi connectivity index (χ1v) is 13.8. The lowest BCUT2D eigenvalue weighted by Crippen LogP contribution is -2.68. The summed E-state index contributed by atoms with van der Waals surface area (Å²) in [5.41, 5.74) is -0.925. The molecule has 15 atom stereocenters. The van der Waals surface area contributed by atoms with Crippen molar-refractivity contribution in [3.05, 3.63) is 0 Å². The first kappa shape index (κ1) is 27.5. The Hall–Kier alpha value is -0.570. The number of aliphatic hydroxyl groups is 6. The molecule has 0 aliphatic heterocycles. The monoisotopic (exact) mass is 496 g/mol. The third kappa shape index (κ3) is 3.95. The molecule has 4 aliphatic carbocycles. The molecule has 6 N–H and O–H groups in total. The van der Waals surface area contributed by atoms with Gasteiger partial charge in [0.15, 0.2) is 0 Å². The summed E-state index contributed by atoms with van der Waals surface area (Å²) in [6.07, 6.45) is -3.32. The van der Waals surface area contributed by atoms with Crippen molar-refractivity contribution in [1.29, 1.82) is 0 Å². The maximum Gasteiger partial charge on any atom is 0.137 e. The zero-order valence-electron chi connectivity index (χ0n) is 22.2. The van der Waals surface area contributed by atoms with Gasteiger partial charge in [0.05, 0.1) is 36.6 Å². The minimum absolute atomic E-state index is 0.0411. The Morgan fingerprint density at radius 1 is 0.829 bits per heavy atom. The number of fused-ring (bicyclic) bond motifs is 5. The van der Waals surface area contributed by atoms with Crippen LogP contribution in [0.2, 0.25) is 0 Å². The predicted molar refractivity (Wildman–Crippen MR) is 131 cm³/mol. The topological polar surface area (TPSA) is 138 Å². The number of hydrogen-bond acceptors (Lipinski definition) is 7. The Balaban J connectivity index is 1.65. The Morgan fingerprint density at radius 3 is 2.03 bits per heavy atom. The fourth-order valence-electron chi connectivity index (χ4n) is 9.20. The number of carbonyl (C=O) groups is 1. The van der Waals surface area contributed by atoms with E-state index in [1.165, 1.54) is 0 Å². The van der Waals surface area contributed by atoms with Gasteiger partial charge in [-0.15, -0.1) is 0 Å². The summed E-state index contributed by atoms with van der Waals surface area (Å²) in [5.74, 6) is -1.74. The molecule has 0 unspecified atom stereocenters. The van der Waals surface area contributed by atoms with Gasteiger partial charge in [-0.25, -0.2) is 0 Å². The molecule has 7 nitrogen and oxygen atoms in total. The number of hydrogen-bond donors (Lipinski definition) is 6. The lowest BCUT2D eigenvalue weighted by atomic mass is 9.42. The zero-order valence-corrected chi connectivity index (χ0v) is 22.2. The van der Waals surface area contributed by atoms with Gasteiger partial charge < -0.3 is 30.6 Å². The largest absolute Gasteiger partial charge is 0.390 e. The Morgan fingerprint density at radius 2 is 1.43 bits per heavy atom. The summed E-state index contributed by atoms with van der Waals surface area (Å²) in [6.45, 7) is 12.1. The van der Waals surface area contributed by atoms with Crippen LogP contribution in [-0.4, -0.2) is 73.0 Å². The van der Waals surface area contributed by atoms with Crippen molar-refractivity contribution < 1.29 is 35.4 Å². The molecule has 0 bridgehead atoms. The highest BCUT2D eigenvalue weighted by Gasteiger charge is 2.69. The highest BCUT2D eigenvalue weighted by atomic mass is 16.3. The SMILES string of the molecule is CC(C)[C@H](C)[C@@H](O)[C@H](O)[C@@H](C)[C@H]1CC(=O)[C@H]2[C@@H]3[C@@H](O)[C@H](O)[C@H]4[C@H](O)[C@@H](O)CC[C@]4(C)[C@H]3CC[C@]12C. The van der Waals surface area contributed by atoms with E-state index in [0.717, 1.165) is 12.8 Å². The first-order chi connectivity index (χ1) is 16.2. The van der Waals surface area contributed by atoms with Crippen molar-refractivity contribution in [1.82, 2.24) is 0 Å². The molecule has 0 aromatic rings. The molecule has 0 radical (unpaired) electrons. The lowest BCUT2D eigenvalue weighted by molar-refractivity contribution is -0.250. The molecule has 202 valence electrons. The van der Waals surface area contributed by atoms with Crippen molar-refractivity contribution in [2.45, 2.75) is 110 Å². The molecule has 4 aliphatic rings. The third-order valence-electron chi connectivity index (χ3n) is 11.7. The van der Waals surface area contributed by atoms with Gasteiger partial charge in [0.25, 0.3) is 0 Å². The van der Waals surface area contributed by atoms with Crippen LogP contribution in [0.4, 0.5) is 0 Å². The second kappa shape index (κ2) is 9.32. The minimum Gasteiger partial charge on any atom is -0.390 e. The Kier molecular flexibility index (Phi) is 7.31. The molecule has 0 spiro atoms. The van der Waals surface area contributed by atoms with Gasteiger partial charge in [0, 0.05) is 24.2 Å². The van der Waals surface area contributed by atoms with E-state index < -0.39 is 65.2 Å². The summed E-state index contributed by atoms with van der Waals surface area (Å²) in [4.78, 5) is 13.6. The summed E-state index contributed by atoms with van der Waals surface area (Å²) in [5, 5.41) is 65.6. The number of aliphatic hydroxyl groups excluding tert-OH is 6. The summed E-state index contributed by atoms with van der Waals surface area (Å²) >= 11 is 0. The summed E-state index contributed by atoms with van der Waals surface area (Å²) < 4.78 is 0. The van der Waals surface area contributed by atoms with Gasteiger partial charge in [0.1, 0.15) is 5.78 Å². The van der Waals surface area contributed by atoms with Crippen LogP contribution in [0.3, 0.4) is 0 Å². The van der Waals surface area contributed by atoms with Gasteiger partial charge >= 0.3 is 0 Å². The van der Waals surface area contributed by atoms with Crippen LogP contribution in [0.25, 0.3) is 0 Å². The minimum atomic E-state index is -1.21. The predicted octanol–water partition coefficient (Wildman–Crippen LogP) is 1.75. The van der Waals surface area contributed by atoms with Crippen LogP contribution in [0.1, 0.15) is 73.6 Å². The molecule has 0 aromatic carbocycles. The molecule has 35 heavy (non-hydrogen) atoms. The van der Waals surface area contributed by atoms with Crippen LogP contribution in [0.15, 0.2) is 0 Å². The van der Waals surface area contributed by atoms with Crippen LogP contribution in [-0.2, 0) is 4.79 Å². The van der Waals surface area contributed by atoms with Crippen LogP contribution in [0, 0.1) is 58.2 Å². The Labute approximate surface area is 209 Å². The van der Waals surface area contributed by atoms with E-state index in [2.05, 4.69) is 13.8 Å². The van der Waals surface area contributed by atoms with E-state index >= 15 is 0 Å². The van der Waals surface area contributed by atoms with E-state index in [0.29, 0.717) is 19.3 Å². The maximum atomic E-state index is 13.6. The zero-order chi connectivity index (χ0) is 26.2. The van der Waals surface area contributed by atoms with E-state index in [1.54, 1.807) is 0 Å². The number of ketones is 1. The van der Waals surface area contributed by atoms with Crippen LogP contribution in [0.5, 0.6) is 0 Å². The van der Waals surface area contributed by atoms with Gasteiger partial charge in [0.2, 0.25) is 0 Å². The molecule has 0 saturated heterocycles. The molecule has 0 heterocycles. The van der Waals surface area contributed by atoms with E-state index in [4.69, 9.17) is 0 Å². The molecule has 0 aromatic heterocycles. The van der Waals surface area contributed by atoms with E-state index in [-0.39, 0.29) is 35.4 Å². The summed E-state index contributed by atoms with van der Waals surface area (Å²) in [7, 11) is 0. The van der Waals surface area contributed by atoms with Gasteiger partial charge in [-0.1, -0.05) is 41.5 Å². The normalized spacial score (nSPS) is 51.2. The van der Waals surface area contributed by atoms with Crippen molar-refractivity contribution in [3.8, 4) is 0 Å². The first-order valence-electron chi connectivity index (χ1n) is 13.8. The second-order valence-electron chi connectivity index (χ2n) is 13.5. The fraction of sp³-hybridized carbons (Fsp3) is 0.964. The van der Waals surface area contributed by atoms with Crippen molar-refractivity contribution in [2.24, 2.45) is 58.2 Å². The molecule has 0 amide bonds. The molecule has 4 fully saturated rings. The highest BCUT2D eigenvalue weighted by molar-refractivity contribution is 5.85. The highest BCUT2D eigenvalue weighted by Crippen LogP contribution is 2.67. The van der Waals surface area contributed by atoms with Crippen molar-refractivity contribution in [3.63, 3.8) is 0 Å². The smallest absolute Gasteiger partial charge is 0.137 e. The number of carbonyl (C=O) groups excluding carboxylic acids is 1. The van der Waals surface area contributed by atoms with Crippen molar-refractivity contribution in [2.75, 3.05) is 0 Å². The van der Waals surface area contributed by atoms with Gasteiger partial charge in [-0.05, 0) is 66.1 Å². The molecule has 4 saturated carbocycles. The van der Waals surface area contributed by atoms with Crippen LogP contribution >= 0.6 is 0 Å². The molecular formula is C28H48O7. The Bertz CT molecular complexity index is 802. The fourth-order valence-corrected chi connectivity index (χ4v) is 9.20. The maximum absolute atomic E-state index is 13.6. The van der Waals surface area contributed by atoms with Crippen molar-refractivity contribution >= 4 is 5.78 Å². The standard InChI is InChI=1S/C28H48O7/c1-12(2)13(3)22(31)23(32)14(4)16-11-18(30)20-19-15(7-9-28(16,20)6)27(5)10-8-17(29)24(33)21(27)26(35)25(19)34/h12-17,19-26,29,31-35H,7-11H2,1-6H3/t13-,14-,15-,16+,17-,19+,20-,21+,22+,23+,24+,25+,26+,27+,28+/m0/s1. The quantitative estimate of drug-likeness (QED) is 0.341. The number of Topliss-reactive ketones (excluding diaryl/α,β-unsaturated/α-hetero) is 1. The number of rotatable bonds is 5. The lowest BCUT2D eigenvalue weighted by Gasteiger charge is -2.64. The molecular weight excluding hydrogens is 448 g/mol. The molecule has 7 heteroatoms. The van der Waals surface area contributed by atoms with Gasteiger partial charge in [-0.3, -0.25) is 4.79 Å². The summed E-state index contributed by atoms with van der Waals surface area (Å²) in [6, 6.07) is 0. The average Bonchev–Trinajstić information content (AvgIpc) is 3.08. The second-order valence-corrected chi connectivity index (χ2v) is 13.5. The van der Waals surface area contributed by atoms with Gasteiger partial charge in [-0.2, -0.15) is 0 Å². The average molecular weight is 497 g/mol. The third-order valence-corrected chi connectivity index (χ3v) is 11.7. The van der Waals surface area contributed by atoms with Crippen LogP contribution < -0.4 is 0 Å². The van der Waals surface area contributed by atoms with E-state index in [1.807, 2.05) is 27.7 Å².